The third-order valence-corrected chi connectivity index (χ3v) is 6.99. The predicted octanol–water partition coefficient (Wildman–Crippen LogP) is 0.755. The molecule has 0 aromatic heterocycles. The van der Waals surface area contributed by atoms with Crippen molar-refractivity contribution in [2.24, 2.45) is 11.8 Å². The number of carbonyl (C=O) groups excluding carboxylic acids is 1. The predicted molar refractivity (Wildman–Crippen MR) is 73.7 cm³/mol. The zero-order valence-corrected chi connectivity index (χ0v) is 12.8. The van der Waals surface area contributed by atoms with Crippen molar-refractivity contribution in [1.82, 2.24) is 0 Å². The third-order valence-electron chi connectivity index (χ3n) is 6.12. The van der Waals surface area contributed by atoms with Gasteiger partial charge in [-0.15, -0.1) is 11.6 Å². The first-order valence-electron chi connectivity index (χ1n) is 7.31. The van der Waals surface area contributed by atoms with Gasteiger partial charge in [-0.1, -0.05) is 6.58 Å². The highest BCUT2D eigenvalue weighted by molar-refractivity contribution is 6.26. The van der Waals surface area contributed by atoms with Gasteiger partial charge in [0, 0.05) is 11.5 Å². The number of esters is 1. The minimum absolute atomic E-state index is 0.179. The van der Waals surface area contributed by atoms with Gasteiger partial charge in [-0.3, -0.25) is 0 Å². The highest BCUT2D eigenvalue weighted by Gasteiger charge is 2.83. The van der Waals surface area contributed by atoms with Crippen LogP contribution in [0.2, 0.25) is 0 Å². The van der Waals surface area contributed by atoms with Crippen molar-refractivity contribution in [1.29, 1.82) is 0 Å². The Morgan fingerprint density at radius 1 is 1.43 bits per heavy atom. The number of ether oxygens (including phenoxy) is 2. The second-order valence-corrected chi connectivity index (χ2v) is 7.85. The number of aliphatic hydroxyl groups is 2. The maximum atomic E-state index is 11.9. The van der Waals surface area contributed by atoms with Gasteiger partial charge in [0.1, 0.15) is 28.8 Å². The first kappa shape index (κ1) is 14.0. The van der Waals surface area contributed by atoms with Crippen LogP contribution < -0.4 is 0 Å². The number of hydrogen-bond donors (Lipinski definition) is 2. The maximum Gasteiger partial charge on any atom is 0.334 e. The zero-order chi connectivity index (χ0) is 15.4. The molecule has 0 aromatic rings. The fourth-order valence-corrected chi connectivity index (χ4v) is 5.36. The van der Waals surface area contributed by atoms with Crippen molar-refractivity contribution >= 4 is 17.6 Å². The smallest absolute Gasteiger partial charge is 0.334 e. The molecule has 2 aliphatic carbocycles. The number of aliphatic hydroxyl groups excluding tert-OH is 1. The van der Waals surface area contributed by atoms with E-state index >= 15 is 0 Å². The largest absolute Gasteiger partial charge is 0.458 e. The number of epoxide rings is 1. The molecule has 0 unspecified atom stereocenters. The normalized spacial score (nSPS) is 61.7. The summed E-state index contributed by atoms with van der Waals surface area (Å²) in [6, 6.07) is 0. The van der Waals surface area contributed by atoms with Crippen LogP contribution in [0.1, 0.15) is 26.7 Å². The van der Waals surface area contributed by atoms with E-state index < -0.39 is 46.3 Å². The number of fused-ring (bicyclic) bond motifs is 5. The third kappa shape index (κ3) is 1.37. The Labute approximate surface area is 127 Å². The number of carbonyl (C=O) groups is 1. The van der Waals surface area contributed by atoms with Crippen LogP contribution in [0.4, 0.5) is 0 Å². The van der Waals surface area contributed by atoms with Crippen LogP contribution in [0.3, 0.4) is 0 Å². The van der Waals surface area contributed by atoms with Crippen LogP contribution in [0.5, 0.6) is 0 Å². The molecular weight excluding hydrogens is 296 g/mol. The lowest BCUT2D eigenvalue weighted by Gasteiger charge is -2.45. The van der Waals surface area contributed by atoms with Crippen LogP contribution in [0.25, 0.3) is 0 Å². The average molecular weight is 315 g/mol. The van der Waals surface area contributed by atoms with Crippen molar-refractivity contribution in [2.75, 3.05) is 0 Å². The lowest BCUT2D eigenvalue weighted by Crippen LogP contribution is -2.61. The molecule has 4 rings (SSSR count). The minimum Gasteiger partial charge on any atom is -0.458 e. The fourth-order valence-electron chi connectivity index (χ4n) is 4.81. The summed E-state index contributed by atoms with van der Waals surface area (Å²) in [5, 5.41) is 21.5. The van der Waals surface area contributed by atoms with Gasteiger partial charge >= 0.3 is 5.97 Å². The molecule has 0 amide bonds. The molecule has 0 radical (unpaired) electrons. The molecule has 0 bridgehead atoms. The first-order chi connectivity index (χ1) is 9.64. The molecule has 0 aromatic carbocycles. The number of hydrogen-bond acceptors (Lipinski definition) is 5. The van der Waals surface area contributed by atoms with Crippen LogP contribution in [0, 0.1) is 11.8 Å². The molecule has 0 spiro atoms. The van der Waals surface area contributed by atoms with E-state index in [1.54, 1.807) is 6.92 Å². The van der Waals surface area contributed by atoms with Gasteiger partial charge in [0.25, 0.3) is 0 Å². The van der Waals surface area contributed by atoms with Crippen LogP contribution >= 0.6 is 11.6 Å². The van der Waals surface area contributed by atoms with Gasteiger partial charge in [-0.2, -0.15) is 0 Å². The van der Waals surface area contributed by atoms with Crippen molar-refractivity contribution in [2.45, 2.75) is 61.1 Å². The summed E-state index contributed by atoms with van der Waals surface area (Å²) < 4.78 is 11.2. The number of halogens is 1. The maximum absolute atomic E-state index is 11.9. The standard InChI is InChI=1S/C15H19ClO5/c1-6-7-4-5-13(2,19)15(16)9(8(7)20-12(6)18)14(3)11(21-14)10(15)17/h7-11,17,19H,1,4-5H2,2-3H3/t7-,8-,9+,10+,11-,13+,14+,15+/m0/s1. The molecule has 21 heavy (non-hydrogen) atoms. The van der Waals surface area contributed by atoms with Crippen LogP contribution in [-0.4, -0.2) is 50.6 Å². The number of alkyl halides is 1. The Hall–Kier alpha value is -0.620. The van der Waals surface area contributed by atoms with E-state index in [1.807, 2.05) is 6.92 Å². The Morgan fingerprint density at radius 2 is 2.10 bits per heavy atom. The van der Waals surface area contributed by atoms with Crippen LogP contribution in [0.15, 0.2) is 12.2 Å². The molecule has 5 nitrogen and oxygen atoms in total. The second kappa shape index (κ2) is 3.65. The molecule has 2 N–H and O–H groups in total. The highest BCUT2D eigenvalue weighted by Crippen LogP contribution is 2.68. The van der Waals surface area contributed by atoms with Gasteiger partial charge in [0.2, 0.25) is 0 Å². The van der Waals surface area contributed by atoms with Crippen LogP contribution in [-0.2, 0) is 14.3 Å². The Kier molecular flexibility index (Phi) is 2.43. The summed E-state index contributed by atoms with van der Waals surface area (Å²) in [6.45, 7) is 7.34. The van der Waals surface area contributed by atoms with Crippen molar-refractivity contribution < 1.29 is 24.5 Å². The van der Waals surface area contributed by atoms with E-state index in [1.165, 1.54) is 0 Å². The molecule has 2 heterocycles. The zero-order valence-electron chi connectivity index (χ0n) is 12.0. The highest BCUT2D eigenvalue weighted by atomic mass is 35.5. The van der Waals surface area contributed by atoms with Gasteiger partial charge in [-0.05, 0) is 26.7 Å². The second-order valence-electron chi connectivity index (χ2n) is 7.23. The summed E-state index contributed by atoms with van der Waals surface area (Å²) in [5.41, 5.74) is -1.50. The first-order valence-corrected chi connectivity index (χ1v) is 7.69. The lowest BCUT2D eigenvalue weighted by molar-refractivity contribution is -0.147. The molecule has 8 atom stereocenters. The van der Waals surface area contributed by atoms with E-state index in [2.05, 4.69) is 6.58 Å². The Bertz CT molecular complexity index is 560. The minimum atomic E-state index is -1.28. The SMILES string of the molecule is C=C1C(=O)O[C@@H]2[C@@H]3[C@@]4(C)O[C@H]4[C@@H](O)[C@@]3(Cl)[C@](C)(O)CC[C@@H]12. The van der Waals surface area contributed by atoms with E-state index in [9.17, 15) is 15.0 Å². The van der Waals surface area contributed by atoms with E-state index in [0.717, 1.165) is 0 Å². The molecule has 2 saturated heterocycles. The lowest BCUT2D eigenvalue weighted by atomic mass is 9.73. The average Bonchev–Trinajstić information content (AvgIpc) is 2.96. The molecular formula is C15H19ClO5. The Morgan fingerprint density at radius 3 is 2.76 bits per heavy atom. The summed E-state index contributed by atoms with van der Waals surface area (Å²) in [6.07, 6.45) is -0.971. The van der Waals surface area contributed by atoms with Gasteiger partial charge < -0.3 is 19.7 Å². The fraction of sp³-hybridized carbons (Fsp3) is 0.800. The van der Waals surface area contributed by atoms with E-state index in [0.29, 0.717) is 18.4 Å². The number of rotatable bonds is 0. The summed E-state index contributed by atoms with van der Waals surface area (Å²) in [4.78, 5) is 10.6. The topological polar surface area (TPSA) is 79.3 Å². The summed E-state index contributed by atoms with van der Waals surface area (Å²) in [5.74, 6) is -1.05. The molecule has 2 aliphatic heterocycles. The van der Waals surface area contributed by atoms with E-state index in [-0.39, 0.29) is 5.92 Å². The summed E-state index contributed by atoms with van der Waals surface area (Å²) >= 11 is 6.80. The Balaban J connectivity index is 1.87. The van der Waals surface area contributed by atoms with Gasteiger partial charge in [0.05, 0.1) is 11.5 Å². The van der Waals surface area contributed by atoms with Crippen molar-refractivity contribution in [3.63, 3.8) is 0 Å². The molecule has 4 fully saturated rings. The van der Waals surface area contributed by atoms with Gasteiger partial charge in [-0.25, -0.2) is 4.79 Å². The van der Waals surface area contributed by atoms with Crippen molar-refractivity contribution in [3.8, 4) is 0 Å². The molecule has 4 aliphatic rings. The van der Waals surface area contributed by atoms with Crippen molar-refractivity contribution in [3.05, 3.63) is 12.2 Å². The van der Waals surface area contributed by atoms with Gasteiger partial charge in [0.15, 0.2) is 0 Å². The monoisotopic (exact) mass is 314 g/mol. The molecule has 2 saturated carbocycles. The molecule has 6 heteroatoms. The molecule has 116 valence electrons. The van der Waals surface area contributed by atoms with E-state index in [4.69, 9.17) is 21.1 Å². The summed E-state index contributed by atoms with van der Waals surface area (Å²) in [7, 11) is 0. The quantitative estimate of drug-likeness (QED) is 0.299.